The molecule has 1 aliphatic heterocycles. The maximum atomic E-state index is 12.1. The van der Waals surface area contributed by atoms with E-state index in [1.54, 1.807) is 0 Å². The van der Waals surface area contributed by atoms with Gasteiger partial charge in [0, 0.05) is 44.8 Å². The number of carbonyl (C=O) groups excluding carboxylic acids is 1. The number of nitrogens with zero attached hydrogens (tertiary/aromatic N) is 1. The fraction of sp³-hybridized carbons (Fsp3) is 0.316. The van der Waals surface area contributed by atoms with Crippen LogP contribution in [0.25, 0.3) is 0 Å². The number of hydrogen-bond acceptors (Lipinski definition) is 3. The highest BCUT2D eigenvalue weighted by Crippen LogP contribution is 2.09. The van der Waals surface area contributed by atoms with Crippen LogP contribution < -0.4 is 10.6 Å². The lowest BCUT2D eigenvalue weighted by Crippen LogP contribution is -2.42. The fourth-order valence-electron chi connectivity index (χ4n) is 2.84. The summed E-state index contributed by atoms with van der Waals surface area (Å²) in [6, 6.07) is 17.8. The smallest absolute Gasteiger partial charge is 0.251 e. The van der Waals surface area contributed by atoms with Crippen molar-refractivity contribution in [3.63, 3.8) is 0 Å². The molecular weight excluding hydrogens is 286 g/mol. The average Bonchev–Trinajstić information content (AvgIpc) is 2.62. The zero-order chi connectivity index (χ0) is 15.9. The Labute approximate surface area is 137 Å². The molecular formula is C19H23N3O. The summed E-state index contributed by atoms with van der Waals surface area (Å²) in [6.45, 7) is 5.84. The third kappa shape index (κ3) is 4.65. The van der Waals surface area contributed by atoms with Crippen LogP contribution in [0.1, 0.15) is 21.5 Å². The standard InChI is InChI=1S/C19H23N3O/c23-19(18-7-2-1-3-8-18)21-14-16-5-4-6-17(13-16)15-22-11-9-20-10-12-22/h1-8,13,20H,9-12,14-15H2,(H,21,23). The van der Waals surface area contributed by atoms with Gasteiger partial charge in [-0.1, -0.05) is 42.5 Å². The summed E-state index contributed by atoms with van der Waals surface area (Å²) in [6.07, 6.45) is 0. The van der Waals surface area contributed by atoms with Gasteiger partial charge in [0.05, 0.1) is 0 Å². The highest BCUT2D eigenvalue weighted by molar-refractivity contribution is 5.94. The van der Waals surface area contributed by atoms with Crippen LogP contribution in [0.15, 0.2) is 54.6 Å². The van der Waals surface area contributed by atoms with E-state index in [4.69, 9.17) is 0 Å². The number of piperazine rings is 1. The first kappa shape index (κ1) is 15.7. The summed E-state index contributed by atoms with van der Waals surface area (Å²) in [5, 5.41) is 6.35. The molecule has 1 fully saturated rings. The van der Waals surface area contributed by atoms with Gasteiger partial charge >= 0.3 is 0 Å². The minimum Gasteiger partial charge on any atom is -0.348 e. The predicted octanol–water partition coefficient (Wildman–Crippen LogP) is 2.02. The minimum atomic E-state index is -0.0295. The molecule has 4 nitrogen and oxygen atoms in total. The third-order valence-corrected chi connectivity index (χ3v) is 4.10. The Kier molecular flexibility index (Phi) is 5.40. The first-order valence-electron chi connectivity index (χ1n) is 8.15. The molecule has 0 radical (unpaired) electrons. The number of amides is 1. The topological polar surface area (TPSA) is 44.4 Å². The van der Waals surface area contributed by atoms with E-state index in [9.17, 15) is 4.79 Å². The van der Waals surface area contributed by atoms with Crippen molar-refractivity contribution in [1.82, 2.24) is 15.5 Å². The summed E-state index contributed by atoms with van der Waals surface area (Å²) in [5.41, 5.74) is 3.14. The quantitative estimate of drug-likeness (QED) is 0.888. The van der Waals surface area contributed by atoms with Crippen LogP contribution in [-0.4, -0.2) is 37.0 Å². The highest BCUT2D eigenvalue weighted by atomic mass is 16.1. The summed E-state index contributed by atoms with van der Waals surface area (Å²) in [7, 11) is 0. The Balaban J connectivity index is 1.56. The molecule has 1 heterocycles. The Morgan fingerprint density at radius 2 is 1.74 bits per heavy atom. The third-order valence-electron chi connectivity index (χ3n) is 4.10. The van der Waals surface area contributed by atoms with Gasteiger partial charge < -0.3 is 10.6 Å². The summed E-state index contributed by atoms with van der Waals surface area (Å²) in [5.74, 6) is -0.0295. The maximum Gasteiger partial charge on any atom is 0.251 e. The monoisotopic (exact) mass is 309 g/mol. The van der Waals surface area contributed by atoms with E-state index in [1.165, 1.54) is 5.56 Å². The lowest BCUT2D eigenvalue weighted by Gasteiger charge is -2.27. The van der Waals surface area contributed by atoms with E-state index >= 15 is 0 Å². The zero-order valence-corrected chi connectivity index (χ0v) is 13.3. The van der Waals surface area contributed by atoms with Crippen molar-refractivity contribution in [2.24, 2.45) is 0 Å². The molecule has 2 aromatic rings. The largest absolute Gasteiger partial charge is 0.348 e. The molecule has 1 saturated heterocycles. The van der Waals surface area contributed by atoms with Crippen molar-refractivity contribution < 1.29 is 4.79 Å². The Hall–Kier alpha value is -2.17. The molecule has 1 aliphatic rings. The average molecular weight is 309 g/mol. The van der Waals surface area contributed by atoms with Crippen molar-refractivity contribution >= 4 is 5.91 Å². The molecule has 0 bridgehead atoms. The van der Waals surface area contributed by atoms with E-state index in [-0.39, 0.29) is 5.91 Å². The van der Waals surface area contributed by atoms with Gasteiger partial charge in [0.1, 0.15) is 0 Å². The van der Waals surface area contributed by atoms with Crippen LogP contribution >= 0.6 is 0 Å². The van der Waals surface area contributed by atoms with Crippen LogP contribution in [-0.2, 0) is 13.1 Å². The lowest BCUT2D eigenvalue weighted by molar-refractivity contribution is 0.0951. The first-order valence-corrected chi connectivity index (χ1v) is 8.15. The number of hydrogen-bond donors (Lipinski definition) is 2. The van der Waals surface area contributed by atoms with Crippen molar-refractivity contribution in [2.75, 3.05) is 26.2 Å². The highest BCUT2D eigenvalue weighted by Gasteiger charge is 2.10. The predicted molar refractivity (Wildman–Crippen MR) is 92.2 cm³/mol. The Bertz CT molecular complexity index is 636. The lowest BCUT2D eigenvalue weighted by atomic mass is 10.1. The van der Waals surface area contributed by atoms with Crippen LogP contribution in [0.5, 0.6) is 0 Å². The molecule has 2 aromatic carbocycles. The SMILES string of the molecule is O=C(NCc1cccc(CN2CCNCC2)c1)c1ccccc1. The summed E-state index contributed by atoms with van der Waals surface area (Å²) < 4.78 is 0. The molecule has 23 heavy (non-hydrogen) atoms. The second-order valence-corrected chi connectivity index (χ2v) is 5.89. The fourth-order valence-corrected chi connectivity index (χ4v) is 2.84. The van der Waals surface area contributed by atoms with E-state index in [1.807, 2.05) is 30.3 Å². The van der Waals surface area contributed by atoms with E-state index in [2.05, 4.69) is 39.8 Å². The van der Waals surface area contributed by atoms with Crippen molar-refractivity contribution in [2.45, 2.75) is 13.1 Å². The molecule has 0 atom stereocenters. The van der Waals surface area contributed by atoms with Gasteiger partial charge in [-0.3, -0.25) is 9.69 Å². The molecule has 0 unspecified atom stereocenters. The molecule has 3 rings (SSSR count). The van der Waals surface area contributed by atoms with Gasteiger partial charge in [0.15, 0.2) is 0 Å². The number of benzene rings is 2. The normalized spacial score (nSPS) is 15.3. The molecule has 1 amide bonds. The number of carbonyl (C=O) groups is 1. The van der Waals surface area contributed by atoms with Gasteiger partial charge in [-0.25, -0.2) is 0 Å². The number of rotatable bonds is 5. The summed E-state index contributed by atoms with van der Waals surface area (Å²) >= 11 is 0. The Morgan fingerprint density at radius 1 is 1.00 bits per heavy atom. The minimum absolute atomic E-state index is 0.0295. The second kappa shape index (κ2) is 7.90. The molecule has 0 aliphatic carbocycles. The van der Waals surface area contributed by atoms with Crippen LogP contribution in [0.2, 0.25) is 0 Å². The van der Waals surface area contributed by atoms with Gasteiger partial charge in [-0.15, -0.1) is 0 Å². The van der Waals surface area contributed by atoms with Gasteiger partial charge in [-0.05, 0) is 23.3 Å². The summed E-state index contributed by atoms with van der Waals surface area (Å²) in [4.78, 5) is 14.6. The van der Waals surface area contributed by atoms with Crippen LogP contribution in [0.4, 0.5) is 0 Å². The van der Waals surface area contributed by atoms with E-state index in [0.29, 0.717) is 12.1 Å². The first-order chi connectivity index (χ1) is 11.3. The zero-order valence-electron chi connectivity index (χ0n) is 13.3. The van der Waals surface area contributed by atoms with E-state index < -0.39 is 0 Å². The second-order valence-electron chi connectivity index (χ2n) is 5.89. The molecule has 120 valence electrons. The Morgan fingerprint density at radius 3 is 2.52 bits per heavy atom. The van der Waals surface area contributed by atoms with Crippen LogP contribution in [0.3, 0.4) is 0 Å². The maximum absolute atomic E-state index is 12.1. The molecule has 4 heteroatoms. The molecule has 0 aromatic heterocycles. The molecule has 2 N–H and O–H groups in total. The van der Waals surface area contributed by atoms with Gasteiger partial charge in [0.25, 0.3) is 5.91 Å². The van der Waals surface area contributed by atoms with Gasteiger partial charge in [0.2, 0.25) is 0 Å². The molecule has 0 spiro atoms. The van der Waals surface area contributed by atoms with E-state index in [0.717, 1.165) is 38.3 Å². The van der Waals surface area contributed by atoms with Crippen molar-refractivity contribution in [3.05, 3.63) is 71.3 Å². The molecule has 0 saturated carbocycles. The van der Waals surface area contributed by atoms with Gasteiger partial charge in [-0.2, -0.15) is 0 Å². The van der Waals surface area contributed by atoms with Crippen LogP contribution in [0, 0.1) is 0 Å². The number of nitrogens with one attached hydrogen (secondary N) is 2. The van der Waals surface area contributed by atoms with Crippen molar-refractivity contribution in [3.8, 4) is 0 Å². The van der Waals surface area contributed by atoms with Crippen molar-refractivity contribution in [1.29, 1.82) is 0 Å².